The molecule has 1 aliphatic heterocycles. The number of benzene rings is 1. The van der Waals surface area contributed by atoms with Crippen molar-refractivity contribution in [2.75, 3.05) is 33.2 Å². The van der Waals surface area contributed by atoms with Gasteiger partial charge in [-0.05, 0) is 13.1 Å². The van der Waals surface area contributed by atoms with Crippen molar-refractivity contribution in [2.45, 2.75) is 13.0 Å². The fourth-order valence-electron chi connectivity index (χ4n) is 3.14. The Labute approximate surface area is 141 Å². The summed E-state index contributed by atoms with van der Waals surface area (Å²) in [4.78, 5) is 27.9. The first kappa shape index (κ1) is 16.4. The number of rotatable bonds is 4. The first-order valence-corrected chi connectivity index (χ1v) is 8.21. The van der Waals surface area contributed by atoms with Crippen LogP contribution in [0.4, 0.5) is 0 Å². The van der Waals surface area contributed by atoms with Gasteiger partial charge in [-0.15, -0.1) is 0 Å². The molecule has 0 spiro atoms. The SMILES string of the molecule is CN1CCN(C(=O)CCn2ncc3ccccc32)CC(C(N)=O)C1. The average molecular weight is 329 g/mol. The highest BCUT2D eigenvalue weighted by atomic mass is 16.2. The number of nitrogens with two attached hydrogens (primary N) is 1. The van der Waals surface area contributed by atoms with Crippen LogP contribution < -0.4 is 5.73 Å². The molecule has 1 aliphatic rings. The Morgan fingerprint density at radius 1 is 1.25 bits per heavy atom. The van der Waals surface area contributed by atoms with Crippen molar-refractivity contribution >= 4 is 22.7 Å². The molecule has 128 valence electrons. The number of fused-ring (bicyclic) bond motifs is 1. The summed E-state index contributed by atoms with van der Waals surface area (Å²) < 4.78 is 1.85. The number of para-hydroxylation sites is 1. The van der Waals surface area contributed by atoms with Gasteiger partial charge >= 0.3 is 0 Å². The maximum absolute atomic E-state index is 12.6. The number of aryl methyl sites for hydroxylation is 1. The molecular weight excluding hydrogens is 306 g/mol. The van der Waals surface area contributed by atoms with Gasteiger partial charge in [-0.25, -0.2) is 0 Å². The number of hydrogen-bond donors (Lipinski definition) is 1. The monoisotopic (exact) mass is 329 g/mol. The van der Waals surface area contributed by atoms with Gasteiger partial charge in [-0.3, -0.25) is 14.3 Å². The van der Waals surface area contributed by atoms with E-state index < -0.39 is 0 Å². The molecule has 1 aromatic carbocycles. The van der Waals surface area contributed by atoms with Crippen LogP contribution >= 0.6 is 0 Å². The predicted octanol–water partition coefficient (Wildman–Crippen LogP) is 0.302. The van der Waals surface area contributed by atoms with Crippen LogP contribution in [-0.4, -0.2) is 64.6 Å². The largest absolute Gasteiger partial charge is 0.369 e. The first-order valence-electron chi connectivity index (χ1n) is 8.21. The van der Waals surface area contributed by atoms with Crippen LogP contribution in [0.15, 0.2) is 30.5 Å². The van der Waals surface area contributed by atoms with E-state index >= 15 is 0 Å². The van der Waals surface area contributed by atoms with Gasteiger partial charge in [0.05, 0.1) is 24.2 Å². The molecule has 3 rings (SSSR count). The van der Waals surface area contributed by atoms with E-state index in [1.807, 2.05) is 47.1 Å². The lowest BCUT2D eigenvalue weighted by Crippen LogP contribution is -2.40. The minimum atomic E-state index is -0.348. The Morgan fingerprint density at radius 2 is 2.04 bits per heavy atom. The third-order valence-corrected chi connectivity index (χ3v) is 4.57. The number of hydrogen-bond acceptors (Lipinski definition) is 4. The molecule has 0 saturated carbocycles. The van der Waals surface area contributed by atoms with Crippen LogP contribution in [0, 0.1) is 5.92 Å². The first-order chi connectivity index (χ1) is 11.5. The molecule has 2 N–H and O–H groups in total. The molecule has 2 amide bonds. The highest BCUT2D eigenvalue weighted by Crippen LogP contribution is 2.14. The van der Waals surface area contributed by atoms with Gasteiger partial charge < -0.3 is 15.5 Å². The fraction of sp³-hybridized carbons (Fsp3) is 0.471. The fourth-order valence-corrected chi connectivity index (χ4v) is 3.14. The lowest BCUT2D eigenvalue weighted by Gasteiger charge is -2.22. The summed E-state index contributed by atoms with van der Waals surface area (Å²) in [6, 6.07) is 7.93. The molecule has 0 bridgehead atoms. The molecule has 2 aromatic rings. The quantitative estimate of drug-likeness (QED) is 0.874. The number of nitrogens with zero attached hydrogens (tertiary/aromatic N) is 4. The van der Waals surface area contributed by atoms with Crippen molar-refractivity contribution in [1.29, 1.82) is 0 Å². The summed E-state index contributed by atoms with van der Waals surface area (Å²) in [5.41, 5.74) is 6.48. The summed E-state index contributed by atoms with van der Waals surface area (Å²) >= 11 is 0. The third kappa shape index (κ3) is 3.56. The van der Waals surface area contributed by atoms with Crippen LogP contribution in [-0.2, 0) is 16.1 Å². The highest BCUT2D eigenvalue weighted by molar-refractivity contribution is 5.81. The summed E-state index contributed by atoms with van der Waals surface area (Å²) in [6.07, 6.45) is 2.17. The second-order valence-electron chi connectivity index (χ2n) is 6.38. The van der Waals surface area contributed by atoms with E-state index in [0.29, 0.717) is 32.6 Å². The number of aromatic nitrogens is 2. The van der Waals surface area contributed by atoms with Crippen molar-refractivity contribution < 1.29 is 9.59 Å². The van der Waals surface area contributed by atoms with Crippen LogP contribution in [0.3, 0.4) is 0 Å². The Bertz CT molecular complexity index is 741. The number of primary amides is 1. The Balaban J connectivity index is 1.64. The zero-order valence-electron chi connectivity index (χ0n) is 13.9. The third-order valence-electron chi connectivity index (χ3n) is 4.57. The van der Waals surface area contributed by atoms with Crippen LogP contribution in [0.5, 0.6) is 0 Å². The van der Waals surface area contributed by atoms with E-state index in [4.69, 9.17) is 5.73 Å². The van der Waals surface area contributed by atoms with Gasteiger partial charge in [-0.2, -0.15) is 5.10 Å². The summed E-state index contributed by atoms with van der Waals surface area (Å²) in [5.74, 6) is -0.622. The molecule has 1 fully saturated rings. The molecule has 0 radical (unpaired) electrons. The molecule has 7 heteroatoms. The predicted molar refractivity (Wildman–Crippen MR) is 91.1 cm³/mol. The van der Waals surface area contributed by atoms with Crippen molar-refractivity contribution in [1.82, 2.24) is 19.6 Å². The minimum Gasteiger partial charge on any atom is -0.369 e. The average Bonchev–Trinajstić information content (AvgIpc) is 2.87. The number of carbonyl (C=O) groups excluding carboxylic acids is 2. The van der Waals surface area contributed by atoms with Gasteiger partial charge in [-0.1, -0.05) is 18.2 Å². The second-order valence-corrected chi connectivity index (χ2v) is 6.38. The van der Waals surface area contributed by atoms with Gasteiger partial charge in [0, 0.05) is 38.0 Å². The van der Waals surface area contributed by atoms with E-state index in [2.05, 4.69) is 5.10 Å². The van der Waals surface area contributed by atoms with E-state index in [0.717, 1.165) is 17.4 Å². The molecule has 1 saturated heterocycles. The molecule has 0 aliphatic carbocycles. The van der Waals surface area contributed by atoms with Crippen LogP contribution in [0.25, 0.3) is 10.9 Å². The standard InChI is InChI=1S/C17H23N5O2/c1-20-8-9-21(12-14(11-20)17(18)24)16(23)6-7-22-15-5-3-2-4-13(15)10-19-22/h2-5,10,14H,6-9,11-12H2,1H3,(H2,18,24). The van der Waals surface area contributed by atoms with E-state index in [1.165, 1.54) is 0 Å². The normalized spacial score (nSPS) is 19.4. The zero-order valence-corrected chi connectivity index (χ0v) is 13.9. The topological polar surface area (TPSA) is 84.5 Å². The molecule has 1 aromatic heterocycles. The molecule has 7 nitrogen and oxygen atoms in total. The smallest absolute Gasteiger partial charge is 0.224 e. The molecule has 1 atom stereocenters. The Hall–Kier alpha value is -2.41. The maximum atomic E-state index is 12.6. The lowest BCUT2D eigenvalue weighted by atomic mass is 10.1. The van der Waals surface area contributed by atoms with Gasteiger partial charge in [0.1, 0.15) is 0 Å². The van der Waals surface area contributed by atoms with Crippen molar-refractivity contribution in [2.24, 2.45) is 11.7 Å². The highest BCUT2D eigenvalue weighted by Gasteiger charge is 2.27. The van der Waals surface area contributed by atoms with Crippen molar-refractivity contribution in [3.63, 3.8) is 0 Å². The van der Waals surface area contributed by atoms with Gasteiger partial charge in [0.2, 0.25) is 11.8 Å². The maximum Gasteiger partial charge on any atom is 0.224 e. The van der Waals surface area contributed by atoms with E-state index in [-0.39, 0.29) is 17.7 Å². The summed E-state index contributed by atoms with van der Waals surface area (Å²) in [6.45, 7) is 2.90. The number of carbonyl (C=O) groups is 2. The zero-order chi connectivity index (χ0) is 17.1. The van der Waals surface area contributed by atoms with Gasteiger partial charge in [0.15, 0.2) is 0 Å². The summed E-state index contributed by atoms with van der Waals surface area (Å²) in [7, 11) is 1.94. The van der Waals surface area contributed by atoms with Gasteiger partial charge in [0.25, 0.3) is 0 Å². The van der Waals surface area contributed by atoms with Crippen LogP contribution in [0.1, 0.15) is 6.42 Å². The number of likely N-dealkylation sites (N-methyl/N-ethyl adjacent to an activating group) is 1. The Morgan fingerprint density at radius 3 is 2.83 bits per heavy atom. The summed E-state index contributed by atoms with van der Waals surface area (Å²) in [5, 5.41) is 5.41. The number of amides is 2. The lowest BCUT2D eigenvalue weighted by molar-refractivity contribution is -0.132. The van der Waals surface area contributed by atoms with E-state index in [1.54, 1.807) is 4.90 Å². The van der Waals surface area contributed by atoms with Crippen LogP contribution in [0.2, 0.25) is 0 Å². The van der Waals surface area contributed by atoms with Crippen molar-refractivity contribution in [3.8, 4) is 0 Å². The molecular formula is C17H23N5O2. The molecule has 2 heterocycles. The van der Waals surface area contributed by atoms with E-state index in [9.17, 15) is 9.59 Å². The van der Waals surface area contributed by atoms with Crippen molar-refractivity contribution in [3.05, 3.63) is 30.5 Å². The minimum absolute atomic E-state index is 0.0381. The molecule has 24 heavy (non-hydrogen) atoms. The Kier molecular flexibility index (Phi) is 4.80. The molecule has 1 unspecified atom stereocenters. The second kappa shape index (κ2) is 7.00.